The first-order valence-electron chi connectivity index (χ1n) is 13.1. The molecule has 0 aliphatic heterocycles. The number of unbranched alkanes of at least 4 members (excludes halogenated alkanes) is 6. The van der Waals surface area contributed by atoms with Crippen LogP contribution in [0.4, 0.5) is 0 Å². The van der Waals surface area contributed by atoms with Crippen molar-refractivity contribution in [3.63, 3.8) is 0 Å². The Bertz CT molecular complexity index is 969. The van der Waals surface area contributed by atoms with E-state index < -0.39 is 13.2 Å². The lowest BCUT2D eigenvalue weighted by Crippen LogP contribution is -3.00. The van der Waals surface area contributed by atoms with Crippen LogP contribution in [0.15, 0.2) is 72.8 Å². The molecule has 1 N–H and O–H groups in total. The third kappa shape index (κ3) is 8.47. The van der Waals surface area contributed by atoms with Gasteiger partial charge in [-0.25, -0.2) is 0 Å². The predicted molar refractivity (Wildman–Crippen MR) is 154 cm³/mol. The number of ether oxygens (including phenoxy) is 3. The normalized spacial score (nSPS) is 10.9. The van der Waals surface area contributed by atoms with Gasteiger partial charge in [0.2, 0.25) is 0 Å². The van der Waals surface area contributed by atoms with Gasteiger partial charge in [-0.2, -0.15) is 0 Å². The molecule has 0 aliphatic rings. The Morgan fingerprint density at radius 3 is 1.21 bits per heavy atom. The number of carboxylic acid groups (broad SMARTS) is 1. The average molecular weight is 604 g/mol. The number of carbonyl (C=O) groups is 1. The van der Waals surface area contributed by atoms with E-state index >= 15 is 0 Å². The summed E-state index contributed by atoms with van der Waals surface area (Å²) in [5.74, 6) is 1.87. The summed E-state index contributed by atoms with van der Waals surface area (Å²) in [7, 11) is 3.15. The van der Waals surface area contributed by atoms with E-state index in [1.165, 1.54) is 22.3 Å². The van der Waals surface area contributed by atoms with E-state index in [-0.39, 0.29) is 23.4 Å². The molecule has 0 saturated carbocycles. The van der Waals surface area contributed by atoms with Gasteiger partial charge in [0.1, 0.15) is 40.4 Å². The number of halogens is 1. The van der Waals surface area contributed by atoms with Gasteiger partial charge in [0.15, 0.2) is 0 Å². The highest BCUT2D eigenvalue weighted by Gasteiger charge is 2.44. The van der Waals surface area contributed by atoms with Crippen LogP contribution in [0, 0.1) is 0 Å². The first-order valence-corrected chi connectivity index (χ1v) is 15.0. The quantitative estimate of drug-likeness (QED) is 0.201. The maximum absolute atomic E-state index is 10.7. The summed E-state index contributed by atoms with van der Waals surface area (Å²) < 4.78 is 16.4. The first-order chi connectivity index (χ1) is 18.0. The largest absolute Gasteiger partial charge is 1.00 e. The lowest BCUT2D eigenvalue weighted by molar-refractivity contribution is -0.137. The highest BCUT2D eigenvalue weighted by atomic mass is 79.9. The molecule has 0 bridgehead atoms. The van der Waals surface area contributed by atoms with Crippen molar-refractivity contribution >= 4 is 29.1 Å². The molecule has 0 unspecified atom stereocenters. The SMILES string of the molecule is COc1ccc([P+](CCCCCCCCCC(=O)O)(c2ccc(OC)cc2)c2ccc(OC)cc2)cc1.[Br-]. The molecule has 7 heteroatoms. The van der Waals surface area contributed by atoms with Crippen LogP contribution in [-0.4, -0.2) is 38.6 Å². The molecular formula is C31H40BrO5P. The van der Waals surface area contributed by atoms with Gasteiger partial charge in [-0.05, 0) is 92.1 Å². The number of aliphatic carboxylic acids is 1. The summed E-state index contributed by atoms with van der Waals surface area (Å²) in [5, 5.41) is 12.8. The molecular weight excluding hydrogens is 563 g/mol. The van der Waals surface area contributed by atoms with Crippen molar-refractivity contribution in [2.45, 2.75) is 51.4 Å². The van der Waals surface area contributed by atoms with E-state index in [0.717, 1.165) is 61.9 Å². The second-order valence-electron chi connectivity index (χ2n) is 9.25. The van der Waals surface area contributed by atoms with Gasteiger partial charge < -0.3 is 36.3 Å². The molecule has 0 aromatic heterocycles. The molecule has 206 valence electrons. The molecule has 3 aromatic carbocycles. The van der Waals surface area contributed by atoms with Crippen LogP contribution in [0.1, 0.15) is 51.4 Å². The van der Waals surface area contributed by atoms with Gasteiger partial charge in [0.25, 0.3) is 0 Å². The molecule has 0 radical (unpaired) electrons. The maximum Gasteiger partial charge on any atom is 0.303 e. The van der Waals surface area contributed by atoms with Crippen LogP contribution in [0.3, 0.4) is 0 Å². The highest BCUT2D eigenvalue weighted by Crippen LogP contribution is 2.56. The van der Waals surface area contributed by atoms with Gasteiger partial charge in [0, 0.05) is 6.42 Å². The number of benzene rings is 3. The van der Waals surface area contributed by atoms with Gasteiger partial charge in [-0.15, -0.1) is 0 Å². The van der Waals surface area contributed by atoms with Gasteiger partial charge in [-0.3, -0.25) is 4.79 Å². The van der Waals surface area contributed by atoms with E-state index in [0.29, 0.717) is 0 Å². The number of hydrogen-bond acceptors (Lipinski definition) is 4. The summed E-state index contributed by atoms with van der Waals surface area (Å²) in [6.07, 6.45) is 8.80. The van der Waals surface area contributed by atoms with Crippen molar-refractivity contribution in [1.29, 1.82) is 0 Å². The summed E-state index contributed by atoms with van der Waals surface area (Å²) in [4.78, 5) is 10.7. The van der Waals surface area contributed by atoms with Crippen LogP contribution < -0.4 is 47.1 Å². The molecule has 0 fully saturated rings. The summed E-state index contributed by atoms with van der Waals surface area (Å²) in [6, 6.07) is 25.7. The third-order valence-electron chi connectivity index (χ3n) is 6.92. The fourth-order valence-corrected chi connectivity index (χ4v) is 9.19. The summed E-state index contributed by atoms with van der Waals surface area (Å²) in [5.41, 5.74) is 0. The lowest BCUT2D eigenvalue weighted by atomic mass is 10.1. The molecule has 0 aliphatic carbocycles. The zero-order valence-corrected chi connectivity index (χ0v) is 25.2. The second-order valence-corrected chi connectivity index (χ2v) is 12.9. The van der Waals surface area contributed by atoms with Crippen LogP contribution >= 0.6 is 7.26 Å². The Morgan fingerprint density at radius 1 is 0.579 bits per heavy atom. The number of methoxy groups -OCH3 is 3. The predicted octanol–water partition coefficient (Wildman–Crippen LogP) is 3.22. The first kappa shape index (κ1) is 31.7. The molecule has 0 saturated heterocycles. The Balaban J connectivity index is 0.00000507. The minimum absolute atomic E-state index is 0. The summed E-state index contributed by atoms with van der Waals surface area (Å²) >= 11 is 0. The van der Waals surface area contributed by atoms with Crippen molar-refractivity contribution in [3.05, 3.63) is 72.8 Å². The van der Waals surface area contributed by atoms with Crippen molar-refractivity contribution in [2.24, 2.45) is 0 Å². The van der Waals surface area contributed by atoms with E-state index in [1.807, 2.05) is 0 Å². The van der Waals surface area contributed by atoms with Crippen LogP contribution in [-0.2, 0) is 4.79 Å². The Labute approximate surface area is 238 Å². The monoisotopic (exact) mass is 602 g/mol. The van der Waals surface area contributed by atoms with Crippen molar-refractivity contribution in [2.75, 3.05) is 27.5 Å². The molecule has 0 amide bonds. The fourth-order valence-electron chi connectivity index (χ4n) is 4.85. The highest BCUT2D eigenvalue weighted by molar-refractivity contribution is 7.95. The van der Waals surface area contributed by atoms with Crippen molar-refractivity contribution in [1.82, 2.24) is 0 Å². The maximum atomic E-state index is 10.7. The zero-order valence-electron chi connectivity index (χ0n) is 22.7. The molecule has 0 spiro atoms. The molecule has 5 nitrogen and oxygen atoms in total. The summed E-state index contributed by atoms with van der Waals surface area (Å²) in [6.45, 7) is 0. The molecule has 38 heavy (non-hydrogen) atoms. The zero-order chi connectivity index (χ0) is 26.5. The van der Waals surface area contributed by atoms with E-state index in [2.05, 4.69) is 72.8 Å². The Hall–Kier alpha value is -2.56. The van der Waals surface area contributed by atoms with Crippen LogP contribution in [0.5, 0.6) is 17.2 Å². The van der Waals surface area contributed by atoms with Crippen LogP contribution in [0.25, 0.3) is 0 Å². The number of rotatable bonds is 16. The molecule has 0 heterocycles. The van der Waals surface area contributed by atoms with Crippen molar-refractivity contribution in [3.8, 4) is 17.2 Å². The third-order valence-corrected chi connectivity index (χ3v) is 11.4. The molecule has 0 atom stereocenters. The Morgan fingerprint density at radius 2 is 0.895 bits per heavy atom. The topological polar surface area (TPSA) is 65.0 Å². The minimum Gasteiger partial charge on any atom is -1.00 e. The van der Waals surface area contributed by atoms with Gasteiger partial charge in [-0.1, -0.05) is 25.7 Å². The fraction of sp³-hybridized carbons (Fsp3) is 0.387. The second kappa shape index (κ2) is 16.4. The van der Waals surface area contributed by atoms with E-state index in [4.69, 9.17) is 19.3 Å². The van der Waals surface area contributed by atoms with E-state index in [1.54, 1.807) is 21.3 Å². The van der Waals surface area contributed by atoms with E-state index in [9.17, 15) is 4.79 Å². The number of carboxylic acids is 1. The average Bonchev–Trinajstić information content (AvgIpc) is 2.94. The Kier molecular flexibility index (Phi) is 13.7. The smallest absolute Gasteiger partial charge is 0.303 e. The van der Waals surface area contributed by atoms with Gasteiger partial charge >= 0.3 is 5.97 Å². The van der Waals surface area contributed by atoms with Crippen molar-refractivity contribution < 1.29 is 41.1 Å². The molecule has 3 rings (SSSR count). The lowest BCUT2D eigenvalue weighted by Gasteiger charge is -2.28. The minimum atomic E-state index is -1.95. The number of hydrogen-bond donors (Lipinski definition) is 1. The van der Waals surface area contributed by atoms with Gasteiger partial charge in [0.05, 0.1) is 27.5 Å². The molecule has 3 aromatic rings. The van der Waals surface area contributed by atoms with Crippen LogP contribution in [0.2, 0.25) is 0 Å². The standard InChI is InChI=1S/C31H39O5P.BrH/c1-34-25-12-18-28(19-13-25)37(29-20-14-26(35-2)15-21-29,30-22-16-27(36-3)17-23-30)24-10-8-6-4-5-7-9-11-31(32)33;/h12-23H,4-11,24H2,1-3H3;1H.